The van der Waals surface area contributed by atoms with Crippen LogP contribution in [0.1, 0.15) is 20.3 Å². The largest absolute Gasteiger partial charge is 0.361 e. The minimum Gasteiger partial charge on any atom is -0.361 e. The van der Waals surface area contributed by atoms with Crippen LogP contribution in [0.15, 0.2) is 0 Å². The first-order chi connectivity index (χ1) is 5.57. The summed E-state index contributed by atoms with van der Waals surface area (Å²) in [6.07, 6.45) is 1.01. The van der Waals surface area contributed by atoms with Crippen LogP contribution in [0.5, 0.6) is 0 Å². The molecule has 0 rings (SSSR count). The summed E-state index contributed by atoms with van der Waals surface area (Å²) in [5.41, 5.74) is 2.72. The molecule has 0 aliphatic rings. The van der Waals surface area contributed by atoms with Crippen molar-refractivity contribution in [3.8, 4) is 0 Å². The Kier molecular flexibility index (Phi) is 5.36. The first kappa shape index (κ1) is 11.2. The van der Waals surface area contributed by atoms with Gasteiger partial charge in [-0.05, 0) is 18.6 Å². The molecule has 0 saturated heterocycles. The molecule has 4 nitrogen and oxygen atoms in total. The summed E-state index contributed by atoms with van der Waals surface area (Å²) < 4.78 is 0. The zero-order chi connectivity index (χ0) is 9.56. The smallest absolute Gasteiger partial charge is 0.237 e. The minimum absolute atomic E-state index is 0.0735. The summed E-state index contributed by atoms with van der Waals surface area (Å²) in [5, 5.41) is 4.76. The Bertz CT molecular complexity index is 172. The fourth-order valence-corrected chi connectivity index (χ4v) is 0.748. The van der Waals surface area contributed by atoms with Crippen LogP contribution in [0.25, 0.3) is 0 Å². The molecule has 0 aliphatic carbocycles. The van der Waals surface area contributed by atoms with Gasteiger partial charge in [0.25, 0.3) is 0 Å². The first-order valence-electron chi connectivity index (χ1n) is 3.86. The monoisotopic (exact) mass is 189 g/mol. The van der Waals surface area contributed by atoms with Crippen molar-refractivity contribution in [2.24, 2.45) is 0 Å². The highest BCUT2D eigenvalue weighted by Gasteiger charge is 2.01. The molecule has 0 unspecified atom stereocenters. The van der Waals surface area contributed by atoms with Crippen LogP contribution >= 0.6 is 12.2 Å². The zero-order valence-corrected chi connectivity index (χ0v) is 8.49. The Hall–Kier alpha value is -0.840. The number of carbonyl (C=O) groups is 1. The predicted molar refractivity (Wildman–Crippen MR) is 52.5 cm³/mol. The van der Waals surface area contributed by atoms with E-state index in [2.05, 4.69) is 10.7 Å². The SMILES string of the molecule is CCCNC(=S)NN(C)C(C)=O. The van der Waals surface area contributed by atoms with Gasteiger partial charge in [-0.3, -0.25) is 15.2 Å². The van der Waals surface area contributed by atoms with Gasteiger partial charge in [-0.25, -0.2) is 0 Å². The van der Waals surface area contributed by atoms with Gasteiger partial charge in [0, 0.05) is 20.5 Å². The third-order valence-electron chi connectivity index (χ3n) is 1.28. The van der Waals surface area contributed by atoms with E-state index in [0.29, 0.717) is 5.11 Å². The number of hydrazine groups is 1. The molecule has 70 valence electrons. The van der Waals surface area contributed by atoms with Gasteiger partial charge in [0.05, 0.1) is 0 Å². The average molecular weight is 189 g/mol. The summed E-state index contributed by atoms with van der Waals surface area (Å²) in [6.45, 7) is 4.33. The van der Waals surface area contributed by atoms with Crippen LogP contribution in [0.4, 0.5) is 0 Å². The van der Waals surface area contributed by atoms with Crippen LogP contribution in [0.2, 0.25) is 0 Å². The van der Waals surface area contributed by atoms with E-state index in [4.69, 9.17) is 12.2 Å². The average Bonchev–Trinajstić information content (AvgIpc) is 2.00. The van der Waals surface area contributed by atoms with Gasteiger partial charge < -0.3 is 5.32 Å². The minimum atomic E-state index is -0.0735. The number of nitrogens with one attached hydrogen (secondary N) is 2. The van der Waals surface area contributed by atoms with Crippen molar-refractivity contribution in [3.63, 3.8) is 0 Å². The number of thiocarbonyl (C=S) groups is 1. The van der Waals surface area contributed by atoms with E-state index in [1.165, 1.54) is 11.9 Å². The van der Waals surface area contributed by atoms with Gasteiger partial charge in [-0.15, -0.1) is 0 Å². The number of amides is 1. The molecule has 0 spiro atoms. The predicted octanol–water partition coefficient (Wildman–Crippen LogP) is 0.254. The van der Waals surface area contributed by atoms with Gasteiger partial charge in [0.1, 0.15) is 0 Å². The molecule has 0 atom stereocenters. The van der Waals surface area contributed by atoms with Crippen LogP contribution in [-0.2, 0) is 4.79 Å². The lowest BCUT2D eigenvalue weighted by Crippen LogP contribution is -2.47. The molecule has 0 fully saturated rings. The second kappa shape index (κ2) is 5.77. The molecular formula is C7H15N3OS. The highest BCUT2D eigenvalue weighted by Crippen LogP contribution is 1.78. The highest BCUT2D eigenvalue weighted by molar-refractivity contribution is 7.80. The van der Waals surface area contributed by atoms with Gasteiger partial charge in [0.15, 0.2) is 5.11 Å². The number of nitrogens with zero attached hydrogens (tertiary/aromatic N) is 1. The first-order valence-corrected chi connectivity index (χ1v) is 4.27. The molecular weight excluding hydrogens is 174 g/mol. The van der Waals surface area contributed by atoms with Crippen LogP contribution in [-0.4, -0.2) is 29.6 Å². The Morgan fingerprint density at radius 3 is 2.58 bits per heavy atom. The Morgan fingerprint density at radius 1 is 1.58 bits per heavy atom. The molecule has 0 heterocycles. The van der Waals surface area contributed by atoms with Gasteiger partial charge in [0.2, 0.25) is 5.91 Å². The van der Waals surface area contributed by atoms with E-state index in [1.807, 2.05) is 6.92 Å². The maximum atomic E-state index is 10.7. The van der Waals surface area contributed by atoms with Crippen molar-refractivity contribution >= 4 is 23.2 Å². The number of carbonyl (C=O) groups excluding carboxylic acids is 1. The molecule has 12 heavy (non-hydrogen) atoms. The van der Waals surface area contributed by atoms with Crippen LogP contribution < -0.4 is 10.7 Å². The lowest BCUT2D eigenvalue weighted by Gasteiger charge is -2.18. The Balaban J connectivity index is 3.61. The van der Waals surface area contributed by atoms with Crippen molar-refractivity contribution in [3.05, 3.63) is 0 Å². The third-order valence-corrected chi connectivity index (χ3v) is 1.51. The lowest BCUT2D eigenvalue weighted by molar-refractivity contribution is -0.129. The standard InChI is InChI=1S/C7H15N3OS/c1-4-5-8-7(12)9-10(3)6(2)11/h4-5H2,1-3H3,(H2,8,9,12). The molecule has 1 amide bonds. The fourth-order valence-electron chi connectivity index (χ4n) is 0.509. The fraction of sp³-hybridized carbons (Fsp3) is 0.714. The zero-order valence-electron chi connectivity index (χ0n) is 7.68. The second-order valence-electron chi connectivity index (χ2n) is 2.45. The van der Waals surface area contributed by atoms with Crippen molar-refractivity contribution in [1.82, 2.24) is 15.8 Å². The maximum Gasteiger partial charge on any atom is 0.237 e. The van der Waals surface area contributed by atoms with E-state index in [1.54, 1.807) is 7.05 Å². The lowest BCUT2D eigenvalue weighted by atomic mass is 10.5. The van der Waals surface area contributed by atoms with Gasteiger partial charge in [-0.2, -0.15) is 0 Å². The van der Waals surface area contributed by atoms with E-state index < -0.39 is 0 Å². The van der Waals surface area contributed by atoms with Crippen molar-refractivity contribution in [1.29, 1.82) is 0 Å². The topological polar surface area (TPSA) is 44.4 Å². The van der Waals surface area contributed by atoms with Gasteiger partial charge >= 0.3 is 0 Å². The van der Waals surface area contributed by atoms with Crippen LogP contribution in [0.3, 0.4) is 0 Å². The summed E-state index contributed by atoms with van der Waals surface area (Å²) >= 11 is 4.90. The molecule has 0 aliphatic heterocycles. The summed E-state index contributed by atoms with van der Waals surface area (Å²) in [5.74, 6) is -0.0735. The quantitative estimate of drug-likeness (QED) is 0.483. The van der Waals surface area contributed by atoms with E-state index in [-0.39, 0.29) is 5.91 Å². The molecule has 0 radical (unpaired) electrons. The maximum absolute atomic E-state index is 10.7. The molecule has 5 heteroatoms. The Labute approximate surface area is 78.3 Å². The van der Waals surface area contributed by atoms with Crippen molar-refractivity contribution in [2.75, 3.05) is 13.6 Å². The molecule has 0 bridgehead atoms. The van der Waals surface area contributed by atoms with Crippen molar-refractivity contribution in [2.45, 2.75) is 20.3 Å². The number of hydrogen-bond donors (Lipinski definition) is 2. The molecule has 0 aromatic heterocycles. The third kappa shape index (κ3) is 4.90. The van der Waals surface area contributed by atoms with Crippen LogP contribution in [0, 0.1) is 0 Å². The normalized spacial score (nSPS) is 8.92. The van der Waals surface area contributed by atoms with E-state index in [9.17, 15) is 4.79 Å². The second-order valence-corrected chi connectivity index (χ2v) is 2.85. The molecule has 0 aromatic carbocycles. The van der Waals surface area contributed by atoms with E-state index >= 15 is 0 Å². The summed E-state index contributed by atoms with van der Waals surface area (Å²) in [7, 11) is 1.63. The summed E-state index contributed by atoms with van der Waals surface area (Å²) in [4.78, 5) is 10.7. The van der Waals surface area contributed by atoms with Crippen molar-refractivity contribution < 1.29 is 4.79 Å². The number of rotatable bonds is 2. The van der Waals surface area contributed by atoms with E-state index in [0.717, 1.165) is 13.0 Å². The number of hydrogen-bond acceptors (Lipinski definition) is 2. The Morgan fingerprint density at radius 2 is 2.17 bits per heavy atom. The molecule has 0 saturated carbocycles. The summed E-state index contributed by atoms with van der Waals surface area (Å²) in [6, 6.07) is 0. The molecule has 2 N–H and O–H groups in total. The van der Waals surface area contributed by atoms with Gasteiger partial charge in [-0.1, -0.05) is 6.92 Å². The molecule has 0 aromatic rings. The highest BCUT2D eigenvalue weighted by atomic mass is 32.1.